The molecule has 5 heteroatoms. The number of fused-ring (bicyclic) bond motifs is 1. The van der Waals surface area contributed by atoms with E-state index in [0.717, 1.165) is 11.1 Å². The van der Waals surface area contributed by atoms with Gasteiger partial charge in [-0.1, -0.05) is 12.1 Å². The lowest BCUT2D eigenvalue weighted by atomic mass is 10.1. The number of imidazole rings is 1. The maximum Gasteiger partial charge on any atom is 0.129 e. The number of hydrogen-bond acceptors (Lipinski definition) is 2. The van der Waals surface area contributed by atoms with Gasteiger partial charge in [0.25, 0.3) is 0 Å². The number of hydrogen-bond donors (Lipinski definition) is 0. The van der Waals surface area contributed by atoms with Crippen molar-refractivity contribution >= 4 is 22.6 Å². The molecule has 0 amide bonds. The molecule has 3 nitrogen and oxygen atoms in total. The predicted molar refractivity (Wildman–Crippen MR) is 80.0 cm³/mol. The van der Waals surface area contributed by atoms with Gasteiger partial charge in [0.2, 0.25) is 0 Å². The highest BCUT2D eigenvalue weighted by Crippen LogP contribution is 2.26. The number of aryl methyl sites for hydroxylation is 1. The average Bonchev–Trinajstić information content (AvgIpc) is 2.84. The Bertz CT molecular complexity index is 877. The van der Waals surface area contributed by atoms with Crippen LogP contribution in [0.2, 0.25) is 0 Å². The number of nitrogens with zero attached hydrogens (tertiary/aromatic N) is 3. The first kappa shape index (κ1) is 13.6. The van der Waals surface area contributed by atoms with Crippen molar-refractivity contribution in [1.82, 2.24) is 9.55 Å². The van der Waals surface area contributed by atoms with Crippen LogP contribution in [0.1, 0.15) is 17.0 Å². The molecule has 21 heavy (non-hydrogen) atoms. The van der Waals surface area contributed by atoms with Crippen LogP contribution in [-0.2, 0) is 5.88 Å². The number of aromatic nitrogens is 2. The fourth-order valence-electron chi connectivity index (χ4n) is 2.45. The number of benzene rings is 2. The van der Waals surface area contributed by atoms with Crippen molar-refractivity contribution in [1.29, 1.82) is 5.26 Å². The van der Waals surface area contributed by atoms with Crippen LogP contribution in [0.3, 0.4) is 0 Å². The summed E-state index contributed by atoms with van der Waals surface area (Å²) in [6.45, 7) is 1.88. The topological polar surface area (TPSA) is 41.6 Å². The van der Waals surface area contributed by atoms with Crippen LogP contribution in [0.5, 0.6) is 0 Å². The molecule has 3 aromatic rings. The molecule has 0 aliphatic carbocycles. The fourth-order valence-corrected chi connectivity index (χ4v) is 2.63. The summed E-state index contributed by atoms with van der Waals surface area (Å²) in [5, 5.41) is 9.40. The van der Waals surface area contributed by atoms with Gasteiger partial charge in [0.15, 0.2) is 0 Å². The normalized spacial score (nSPS) is 10.8. The van der Waals surface area contributed by atoms with Gasteiger partial charge in [-0.2, -0.15) is 5.26 Å². The highest BCUT2D eigenvalue weighted by molar-refractivity contribution is 6.17. The zero-order chi connectivity index (χ0) is 15.0. The van der Waals surface area contributed by atoms with Gasteiger partial charge < -0.3 is 0 Å². The summed E-state index contributed by atoms with van der Waals surface area (Å²) in [6.07, 6.45) is 0. The Morgan fingerprint density at radius 3 is 2.86 bits per heavy atom. The van der Waals surface area contributed by atoms with E-state index in [1.807, 2.05) is 29.7 Å². The SMILES string of the molecule is Cc1cccc(-n2c(CCl)nc3cc(F)ccc32)c1C#N. The van der Waals surface area contributed by atoms with Crippen LogP contribution in [0.15, 0.2) is 36.4 Å². The quantitative estimate of drug-likeness (QED) is 0.669. The summed E-state index contributed by atoms with van der Waals surface area (Å²) in [5.74, 6) is 0.409. The summed E-state index contributed by atoms with van der Waals surface area (Å²) in [7, 11) is 0. The van der Waals surface area contributed by atoms with Crippen molar-refractivity contribution in [2.24, 2.45) is 0 Å². The molecule has 0 saturated carbocycles. The Labute approximate surface area is 126 Å². The number of rotatable bonds is 2. The minimum Gasteiger partial charge on any atom is -0.294 e. The van der Waals surface area contributed by atoms with Crippen LogP contribution in [-0.4, -0.2) is 9.55 Å². The molecule has 3 rings (SSSR count). The minimum absolute atomic E-state index is 0.176. The first-order valence-electron chi connectivity index (χ1n) is 6.38. The molecule has 0 N–H and O–H groups in total. The van der Waals surface area contributed by atoms with Crippen LogP contribution < -0.4 is 0 Å². The Morgan fingerprint density at radius 1 is 1.33 bits per heavy atom. The Hall–Kier alpha value is -2.38. The molecule has 0 bridgehead atoms. The van der Waals surface area contributed by atoms with Crippen LogP contribution in [0.4, 0.5) is 4.39 Å². The van der Waals surface area contributed by atoms with E-state index in [9.17, 15) is 9.65 Å². The molecule has 104 valence electrons. The Kier molecular flexibility index (Phi) is 3.36. The number of nitriles is 1. The summed E-state index contributed by atoms with van der Waals surface area (Å²) >= 11 is 5.97. The maximum atomic E-state index is 13.4. The van der Waals surface area contributed by atoms with Crippen LogP contribution in [0.25, 0.3) is 16.7 Å². The molecule has 1 heterocycles. The molecular weight excluding hydrogens is 289 g/mol. The van der Waals surface area contributed by atoms with Gasteiger partial charge in [-0.15, -0.1) is 11.6 Å². The molecular formula is C16H11ClFN3. The summed E-state index contributed by atoms with van der Waals surface area (Å²) < 4.78 is 15.2. The highest BCUT2D eigenvalue weighted by atomic mass is 35.5. The summed E-state index contributed by atoms with van der Waals surface area (Å²) in [4.78, 5) is 4.36. The van der Waals surface area contributed by atoms with Gasteiger partial charge in [-0.3, -0.25) is 4.57 Å². The minimum atomic E-state index is -0.349. The van der Waals surface area contributed by atoms with Gasteiger partial charge in [0.05, 0.1) is 28.2 Å². The van der Waals surface area contributed by atoms with Crippen molar-refractivity contribution in [3.8, 4) is 11.8 Å². The smallest absolute Gasteiger partial charge is 0.129 e. The number of alkyl halides is 1. The zero-order valence-electron chi connectivity index (χ0n) is 11.3. The largest absolute Gasteiger partial charge is 0.294 e. The van der Waals surface area contributed by atoms with Gasteiger partial charge in [0, 0.05) is 6.07 Å². The van der Waals surface area contributed by atoms with E-state index < -0.39 is 0 Å². The van der Waals surface area contributed by atoms with Crippen molar-refractivity contribution in [2.75, 3.05) is 0 Å². The first-order valence-corrected chi connectivity index (χ1v) is 6.92. The molecule has 0 aliphatic heterocycles. The van der Waals surface area contributed by atoms with Gasteiger partial charge >= 0.3 is 0 Å². The van der Waals surface area contributed by atoms with Gasteiger partial charge in [0.1, 0.15) is 17.7 Å². The molecule has 0 radical (unpaired) electrons. The maximum absolute atomic E-state index is 13.4. The lowest BCUT2D eigenvalue weighted by molar-refractivity contribution is 0.629. The molecule has 2 aromatic carbocycles. The van der Waals surface area contributed by atoms with E-state index in [-0.39, 0.29) is 11.7 Å². The zero-order valence-corrected chi connectivity index (χ0v) is 12.0. The standard InChI is InChI=1S/C16H11ClFN3/c1-10-3-2-4-14(12(10)9-19)21-15-6-5-11(18)7-13(15)20-16(21)8-17/h2-7H,8H2,1H3. The monoisotopic (exact) mass is 299 g/mol. The van der Waals surface area contributed by atoms with Gasteiger partial charge in [-0.25, -0.2) is 9.37 Å². The van der Waals surface area contributed by atoms with E-state index in [1.54, 1.807) is 6.07 Å². The Balaban J connectivity index is 2.40. The molecule has 0 unspecified atom stereocenters. The lowest BCUT2D eigenvalue weighted by Crippen LogP contribution is -2.03. The van der Waals surface area contributed by atoms with E-state index in [4.69, 9.17) is 11.6 Å². The van der Waals surface area contributed by atoms with Crippen LogP contribution in [0, 0.1) is 24.1 Å². The van der Waals surface area contributed by atoms with Crippen molar-refractivity contribution in [2.45, 2.75) is 12.8 Å². The average molecular weight is 300 g/mol. The predicted octanol–water partition coefficient (Wildman–Crippen LogP) is 4.08. The first-order chi connectivity index (χ1) is 10.2. The lowest BCUT2D eigenvalue weighted by Gasteiger charge is -2.11. The number of halogens is 2. The van der Waals surface area contributed by atoms with E-state index in [0.29, 0.717) is 22.6 Å². The third-order valence-electron chi connectivity index (χ3n) is 3.41. The Morgan fingerprint density at radius 2 is 2.14 bits per heavy atom. The highest BCUT2D eigenvalue weighted by Gasteiger charge is 2.16. The molecule has 0 aliphatic rings. The summed E-state index contributed by atoms with van der Waals surface area (Å²) in [6, 6.07) is 12.2. The third kappa shape index (κ3) is 2.16. The van der Waals surface area contributed by atoms with Crippen LogP contribution >= 0.6 is 11.6 Å². The molecule has 0 atom stereocenters. The second-order valence-corrected chi connectivity index (χ2v) is 4.98. The van der Waals surface area contributed by atoms with E-state index in [1.165, 1.54) is 12.1 Å². The molecule has 1 aromatic heterocycles. The van der Waals surface area contributed by atoms with E-state index >= 15 is 0 Å². The van der Waals surface area contributed by atoms with E-state index in [2.05, 4.69) is 11.1 Å². The van der Waals surface area contributed by atoms with Crippen molar-refractivity contribution in [3.05, 3.63) is 59.2 Å². The fraction of sp³-hybridized carbons (Fsp3) is 0.125. The van der Waals surface area contributed by atoms with Crippen molar-refractivity contribution < 1.29 is 4.39 Å². The van der Waals surface area contributed by atoms with Crippen molar-refractivity contribution in [3.63, 3.8) is 0 Å². The second kappa shape index (κ2) is 5.19. The molecule has 0 spiro atoms. The summed E-state index contributed by atoms with van der Waals surface area (Å²) in [5.41, 5.74) is 3.40. The second-order valence-electron chi connectivity index (χ2n) is 4.71. The molecule has 0 fully saturated rings. The van der Waals surface area contributed by atoms with Gasteiger partial charge in [-0.05, 0) is 30.7 Å². The third-order valence-corrected chi connectivity index (χ3v) is 3.65. The molecule has 0 saturated heterocycles.